The van der Waals surface area contributed by atoms with Crippen LogP contribution in [-0.2, 0) is 13.0 Å². The Morgan fingerprint density at radius 1 is 1.25 bits per heavy atom. The summed E-state index contributed by atoms with van der Waals surface area (Å²) in [6.07, 6.45) is 7.10. The van der Waals surface area contributed by atoms with Crippen LogP contribution in [0, 0.1) is 6.92 Å². The summed E-state index contributed by atoms with van der Waals surface area (Å²) in [4.78, 5) is 9.88. The Bertz CT molecular complexity index is 1060. The van der Waals surface area contributed by atoms with E-state index in [1.165, 1.54) is 47.1 Å². The van der Waals surface area contributed by atoms with Gasteiger partial charge in [-0.25, -0.2) is 0 Å². The first-order valence-corrected chi connectivity index (χ1v) is 10.1. The lowest BCUT2D eigenvalue weighted by Gasteiger charge is -2.31. The molecule has 0 amide bonds. The molecule has 2 aliphatic rings. The van der Waals surface area contributed by atoms with E-state index in [4.69, 9.17) is 5.53 Å². The van der Waals surface area contributed by atoms with Gasteiger partial charge in [-0.05, 0) is 67.2 Å². The van der Waals surface area contributed by atoms with Gasteiger partial charge in [-0.2, -0.15) is 0 Å². The predicted molar refractivity (Wildman–Crippen MR) is 110 cm³/mol. The van der Waals surface area contributed by atoms with E-state index in [0.717, 1.165) is 18.5 Å². The van der Waals surface area contributed by atoms with E-state index in [-0.39, 0.29) is 6.04 Å². The minimum atomic E-state index is -0.240. The molecule has 2 unspecified atom stereocenters. The zero-order valence-corrected chi connectivity index (χ0v) is 16.1. The van der Waals surface area contributed by atoms with E-state index in [1.54, 1.807) is 12.4 Å². The topological polar surface area (TPSA) is 69.8 Å². The molecule has 2 aliphatic heterocycles. The molecule has 3 aromatic rings. The average Bonchev–Trinajstić information content (AvgIpc) is 3.31. The van der Waals surface area contributed by atoms with Crippen molar-refractivity contribution in [1.82, 2.24) is 14.5 Å². The van der Waals surface area contributed by atoms with Gasteiger partial charge >= 0.3 is 0 Å². The fraction of sp³-hybridized carbons (Fsp3) is 0.409. The van der Waals surface area contributed by atoms with E-state index in [0.29, 0.717) is 12.6 Å². The summed E-state index contributed by atoms with van der Waals surface area (Å²) in [7, 11) is 0. The van der Waals surface area contributed by atoms with Crippen LogP contribution in [0.25, 0.3) is 21.3 Å². The molecule has 0 N–H and O–H groups in total. The molecule has 4 heterocycles. The van der Waals surface area contributed by atoms with Crippen LogP contribution in [0.1, 0.15) is 47.3 Å². The van der Waals surface area contributed by atoms with Crippen molar-refractivity contribution in [2.24, 2.45) is 5.11 Å². The second kappa shape index (κ2) is 6.97. The van der Waals surface area contributed by atoms with E-state index in [9.17, 15) is 0 Å². The van der Waals surface area contributed by atoms with Crippen molar-refractivity contribution < 1.29 is 0 Å². The molecule has 6 nitrogen and oxygen atoms in total. The highest BCUT2D eigenvalue weighted by Crippen LogP contribution is 2.43. The van der Waals surface area contributed by atoms with E-state index in [2.05, 4.69) is 49.6 Å². The van der Waals surface area contributed by atoms with Gasteiger partial charge in [-0.3, -0.25) is 9.88 Å². The number of aryl methyl sites for hydroxylation is 1. The van der Waals surface area contributed by atoms with Crippen molar-refractivity contribution in [3.63, 3.8) is 0 Å². The van der Waals surface area contributed by atoms with Gasteiger partial charge in [0.05, 0.1) is 6.04 Å². The van der Waals surface area contributed by atoms with Crippen molar-refractivity contribution in [3.8, 4) is 0 Å². The maximum atomic E-state index is 9.16. The molecular weight excluding hydrogens is 348 g/mol. The Labute approximate surface area is 164 Å². The lowest BCUT2D eigenvalue weighted by Crippen LogP contribution is -2.31. The Balaban J connectivity index is 1.66. The molecule has 0 radical (unpaired) electrons. The first-order chi connectivity index (χ1) is 13.8. The first-order valence-electron chi connectivity index (χ1n) is 10.1. The minimum absolute atomic E-state index is 0.240. The maximum absolute atomic E-state index is 9.16. The fourth-order valence-electron chi connectivity index (χ4n) is 5.10. The largest absolute Gasteiger partial charge is 0.343 e. The number of pyridine rings is 1. The Morgan fingerprint density at radius 3 is 2.93 bits per heavy atom. The number of aromatic nitrogens is 2. The van der Waals surface area contributed by atoms with Gasteiger partial charge in [-0.1, -0.05) is 16.7 Å². The number of fused-ring (bicyclic) bond motifs is 5. The second-order valence-electron chi connectivity index (χ2n) is 7.94. The molecule has 0 spiro atoms. The third-order valence-electron chi connectivity index (χ3n) is 6.34. The van der Waals surface area contributed by atoms with Gasteiger partial charge < -0.3 is 4.57 Å². The van der Waals surface area contributed by atoms with Crippen molar-refractivity contribution in [2.75, 3.05) is 13.1 Å². The summed E-state index contributed by atoms with van der Waals surface area (Å²) >= 11 is 0. The number of azide groups is 1. The van der Waals surface area contributed by atoms with Gasteiger partial charge in [0.1, 0.15) is 0 Å². The highest BCUT2D eigenvalue weighted by Gasteiger charge is 2.35. The average molecular weight is 372 g/mol. The Morgan fingerprint density at radius 2 is 2.11 bits per heavy atom. The molecule has 0 saturated carbocycles. The van der Waals surface area contributed by atoms with Crippen LogP contribution >= 0.6 is 0 Å². The number of rotatable bonds is 4. The molecule has 0 bridgehead atoms. The van der Waals surface area contributed by atoms with Crippen molar-refractivity contribution >= 4 is 10.9 Å². The molecule has 1 aromatic carbocycles. The zero-order chi connectivity index (χ0) is 19.1. The van der Waals surface area contributed by atoms with Crippen molar-refractivity contribution in [3.05, 3.63) is 75.6 Å². The third-order valence-corrected chi connectivity index (χ3v) is 6.34. The smallest absolute Gasteiger partial charge is 0.0805 e. The lowest BCUT2D eigenvalue weighted by atomic mass is 9.95. The van der Waals surface area contributed by atoms with E-state index in [1.807, 2.05) is 12.1 Å². The minimum Gasteiger partial charge on any atom is -0.343 e. The van der Waals surface area contributed by atoms with Crippen LogP contribution in [0.2, 0.25) is 0 Å². The highest BCUT2D eigenvalue weighted by atomic mass is 15.2. The van der Waals surface area contributed by atoms with Gasteiger partial charge in [0.25, 0.3) is 0 Å². The monoisotopic (exact) mass is 372 g/mol. The summed E-state index contributed by atoms with van der Waals surface area (Å²) in [5.74, 6) is 0. The molecule has 1 saturated heterocycles. The lowest BCUT2D eigenvalue weighted by molar-refractivity contribution is 0.241. The number of hydrogen-bond donors (Lipinski definition) is 0. The molecule has 0 aliphatic carbocycles. The summed E-state index contributed by atoms with van der Waals surface area (Å²) < 4.78 is 2.42. The van der Waals surface area contributed by atoms with Crippen LogP contribution in [0.15, 0.2) is 47.8 Å². The summed E-state index contributed by atoms with van der Waals surface area (Å²) in [6, 6.07) is 10.9. The van der Waals surface area contributed by atoms with Crippen LogP contribution in [0.3, 0.4) is 0 Å². The van der Waals surface area contributed by atoms with Crippen molar-refractivity contribution in [2.45, 2.75) is 44.8 Å². The number of nitrogens with zero attached hydrogens (tertiary/aromatic N) is 6. The first kappa shape index (κ1) is 17.3. The standard InChI is InChI=1S/C22H24N6/c1-15-4-5-19-17(13-15)22-20-3-2-11-27(20)12-8-21(22)28(19)14-18(25-26-23)16-6-9-24-10-7-16/h4-7,9-10,13,18,20H,2-3,8,11-12,14H2,1H3. The SMILES string of the molecule is Cc1ccc2c(c1)c1c(n2CC(N=[N+]=[N-])c2ccncc2)CCN2CCCC12. The van der Waals surface area contributed by atoms with Gasteiger partial charge in [-0.15, -0.1) is 0 Å². The summed E-state index contributed by atoms with van der Waals surface area (Å²) in [5, 5.41) is 5.51. The van der Waals surface area contributed by atoms with Gasteiger partial charge in [0.2, 0.25) is 0 Å². The Hall–Kier alpha value is -2.82. The maximum Gasteiger partial charge on any atom is 0.0805 e. The molecule has 6 heteroatoms. The van der Waals surface area contributed by atoms with Gasteiger partial charge in [0.15, 0.2) is 0 Å². The quantitative estimate of drug-likeness (QED) is 0.364. The van der Waals surface area contributed by atoms with Gasteiger partial charge in [0, 0.05) is 59.5 Å². The Kier molecular flexibility index (Phi) is 4.30. The van der Waals surface area contributed by atoms with E-state index < -0.39 is 0 Å². The molecule has 142 valence electrons. The molecule has 28 heavy (non-hydrogen) atoms. The molecule has 1 fully saturated rings. The second-order valence-corrected chi connectivity index (χ2v) is 7.94. The van der Waals surface area contributed by atoms with Crippen LogP contribution in [0.5, 0.6) is 0 Å². The third kappa shape index (κ3) is 2.77. The normalized spacial score (nSPS) is 19.8. The predicted octanol–water partition coefficient (Wildman–Crippen LogP) is 5.09. The molecule has 5 rings (SSSR count). The molecule has 2 atom stereocenters. The summed E-state index contributed by atoms with van der Waals surface area (Å²) in [5.41, 5.74) is 15.7. The van der Waals surface area contributed by atoms with Crippen LogP contribution in [0.4, 0.5) is 0 Å². The zero-order valence-electron chi connectivity index (χ0n) is 16.1. The summed E-state index contributed by atoms with van der Waals surface area (Å²) in [6.45, 7) is 5.16. The van der Waals surface area contributed by atoms with Crippen molar-refractivity contribution in [1.29, 1.82) is 0 Å². The number of benzene rings is 1. The van der Waals surface area contributed by atoms with E-state index >= 15 is 0 Å². The molecule has 2 aromatic heterocycles. The van der Waals surface area contributed by atoms with Crippen LogP contribution < -0.4 is 0 Å². The fourth-order valence-corrected chi connectivity index (χ4v) is 5.10. The number of hydrogen-bond acceptors (Lipinski definition) is 3. The molecular formula is C22H24N6. The highest BCUT2D eigenvalue weighted by molar-refractivity contribution is 5.87. The van der Waals surface area contributed by atoms with Crippen LogP contribution in [-0.4, -0.2) is 27.5 Å².